The average Bonchev–Trinajstić information content (AvgIpc) is 3.02. The summed E-state index contributed by atoms with van der Waals surface area (Å²) in [5.41, 5.74) is 4.19. The van der Waals surface area contributed by atoms with E-state index in [0.717, 1.165) is 22.2 Å². The lowest BCUT2D eigenvalue weighted by Crippen LogP contribution is -1.92. The first-order valence-corrected chi connectivity index (χ1v) is 7.85. The molecular formula is C20H19N3O2. The maximum Gasteiger partial charge on any atom is 0.303 e. The molecule has 0 fully saturated rings. The van der Waals surface area contributed by atoms with Gasteiger partial charge in [-0.1, -0.05) is 25.1 Å². The molecule has 5 heteroatoms. The van der Waals surface area contributed by atoms with E-state index in [1.54, 1.807) is 26.0 Å². The number of nitrogens with one attached hydrogen (secondary N) is 1. The van der Waals surface area contributed by atoms with E-state index in [-0.39, 0.29) is 6.42 Å². The third-order valence-corrected chi connectivity index (χ3v) is 3.69. The van der Waals surface area contributed by atoms with Crippen molar-refractivity contribution in [1.29, 1.82) is 10.7 Å². The molecule has 0 radical (unpaired) electrons. The number of aromatic nitrogens is 1. The monoisotopic (exact) mass is 333 g/mol. The van der Waals surface area contributed by atoms with Crippen LogP contribution < -0.4 is 0 Å². The van der Waals surface area contributed by atoms with Crippen LogP contribution in [0.15, 0.2) is 54.7 Å². The lowest BCUT2D eigenvalue weighted by atomic mass is 10.1. The average molecular weight is 333 g/mol. The number of aliphatic carboxylic acids is 1. The number of carboxylic acid groups (broad SMARTS) is 1. The topological polar surface area (TPSA) is 89.9 Å². The minimum Gasteiger partial charge on any atom is -0.481 e. The lowest BCUT2D eigenvalue weighted by Gasteiger charge is -2.04. The molecule has 25 heavy (non-hydrogen) atoms. The zero-order chi connectivity index (χ0) is 18.4. The van der Waals surface area contributed by atoms with Gasteiger partial charge in [-0.3, -0.25) is 4.79 Å². The third-order valence-electron chi connectivity index (χ3n) is 3.69. The SMILES string of the molecule is CC(=N)c1cn(-c2ccc(C#N)cc2)c2ccccc12.CCC(=O)O. The van der Waals surface area contributed by atoms with Crippen molar-refractivity contribution in [1.82, 2.24) is 4.57 Å². The maximum atomic E-state index is 9.37. The van der Waals surface area contributed by atoms with E-state index in [2.05, 4.69) is 10.6 Å². The molecule has 0 spiro atoms. The molecule has 0 unspecified atom stereocenters. The number of benzene rings is 2. The standard InChI is InChI=1S/C17H13N3.C3H6O2/c1-12(19)16-11-20(17-5-3-2-4-15(16)17)14-8-6-13(10-18)7-9-14;1-2-3(4)5/h2-9,11,19H,1H3;2H2,1H3,(H,4,5). The van der Waals surface area contributed by atoms with Crippen LogP contribution >= 0.6 is 0 Å². The summed E-state index contributed by atoms with van der Waals surface area (Å²) in [7, 11) is 0. The highest BCUT2D eigenvalue weighted by Gasteiger charge is 2.10. The van der Waals surface area contributed by atoms with Crippen LogP contribution in [0.2, 0.25) is 0 Å². The van der Waals surface area contributed by atoms with Gasteiger partial charge in [0.25, 0.3) is 0 Å². The summed E-state index contributed by atoms with van der Waals surface area (Å²) in [5.74, 6) is -0.745. The molecule has 1 heterocycles. The number of nitriles is 1. The van der Waals surface area contributed by atoms with E-state index >= 15 is 0 Å². The summed E-state index contributed by atoms with van der Waals surface area (Å²) in [6, 6.07) is 17.6. The minimum absolute atomic E-state index is 0.222. The molecule has 0 aliphatic rings. The van der Waals surface area contributed by atoms with Crippen molar-refractivity contribution in [2.24, 2.45) is 0 Å². The van der Waals surface area contributed by atoms with Gasteiger partial charge in [0.05, 0.1) is 17.1 Å². The Kier molecular flexibility index (Phi) is 5.70. The van der Waals surface area contributed by atoms with Gasteiger partial charge >= 0.3 is 5.97 Å². The molecule has 1 aromatic heterocycles. The van der Waals surface area contributed by atoms with Crippen molar-refractivity contribution in [3.63, 3.8) is 0 Å². The largest absolute Gasteiger partial charge is 0.481 e. The zero-order valence-electron chi connectivity index (χ0n) is 14.2. The van der Waals surface area contributed by atoms with E-state index < -0.39 is 5.97 Å². The van der Waals surface area contributed by atoms with Crippen LogP contribution in [0, 0.1) is 16.7 Å². The summed E-state index contributed by atoms with van der Waals surface area (Å²) in [5, 5.41) is 25.6. The molecule has 3 rings (SSSR count). The molecule has 2 N–H and O–H groups in total. The highest BCUT2D eigenvalue weighted by atomic mass is 16.4. The van der Waals surface area contributed by atoms with Crippen LogP contribution in [-0.4, -0.2) is 21.4 Å². The minimum atomic E-state index is -0.745. The fourth-order valence-corrected chi connectivity index (χ4v) is 2.39. The van der Waals surface area contributed by atoms with E-state index in [1.165, 1.54) is 0 Å². The van der Waals surface area contributed by atoms with Crippen molar-refractivity contribution in [3.8, 4) is 11.8 Å². The number of rotatable bonds is 3. The molecule has 126 valence electrons. The highest BCUT2D eigenvalue weighted by Crippen LogP contribution is 2.25. The first-order chi connectivity index (χ1) is 12.0. The van der Waals surface area contributed by atoms with Crippen molar-refractivity contribution in [3.05, 3.63) is 65.9 Å². The second-order valence-corrected chi connectivity index (χ2v) is 5.46. The Morgan fingerprint density at radius 1 is 1.20 bits per heavy atom. The highest BCUT2D eigenvalue weighted by molar-refractivity contribution is 6.08. The van der Waals surface area contributed by atoms with Crippen LogP contribution in [0.5, 0.6) is 0 Å². The molecule has 0 aliphatic carbocycles. The van der Waals surface area contributed by atoms with Crippen LogP contribution in [0.25, 0.3) is 16.6 Å². The van der Waals surface area contributed by atoms with E-state index in [1.807, 2.05) is 42.6 Å². The summed E-state index contributed by atoms with van der Waals surface area (Å²) >= 11 is 0. The van der Waals surface area contributed by atoms with Crippen molar-refractivity contribution in [2.45, 2.75) is 20.3 Å². The molecule has 0 bridgehead atoms. The van der Waals surface area contributed by atoms with Crippen LogP contribution in [0.3, 0.4) is 0 Å². The van der Waals surface area contributed by atoms with Gasteiger partial charge in [0.15, 0.2) is 0 Å². The maximum absolute atomic E-state index is 9.37. The number of para-hydroxylation sites is 1. The molecule has 0 saturated heterocycles. The second kappa shape index (κ2) is 7.93. The van der Waals surface area contributed by atoms with Gasteiger partial charge < -0.3 is 15.1 Å². The Balaban J connectivity index is 0.000000399. The van der Waals surface area contributed by atoms with E-state index in [4.69, 9.17) is 15.8 Å². The van der Waals surface area contributed by atoms with Crippen molar-refractivity contribution in [2.75, 3.05) is 0 Å². The first kappa shape index (κ1) is 18.0. The van der Waals surface area contributed by atoms with Gasteiger partial charge in [0.2, 0.25) is 0 Å². The number of carboxylic acids is 1. The molecule has 0 atom stereocenters. The second-order valence-electron chi connectivity index (χ2n) is 5.46. The smallest absolute Gasteiger partial charge is 0.303 e. The summed E-state index contributed by atoms with van der Waals surface area (Å²) in [4.78, 5) is 9.37. The van der Waals surface area contributed by atoms with E-state index in [9.17, 15) is 4.79 Å². The Morgan fingerprint density at radius 3 is 2.32 bits per heavy atom. The predicted octanol–water partition coefficient (Wildman–Crippen LogP) is 4.37. The molecule has 0 aliphatic heterocycles. The zero-order valence-corrected chi connectivity index (χ0v) is 14.2. The van der Waals surface area contributed by atoms with Gasteiger partial charge in [0.1, 0.15) is 0 Å². The van der Waals surface area contributed by atoms with Gasteiger partial charge in [0, 0.05) is 35.0 Å². The molecular weight excluding hydrogens is 314 g/mol. The fraction of sp³-hybridized carbons (Fsp3) is 0.150. The summed E-state index contributed by atoms with van der Waals surface area (Å²) in [6.45, 7) is 3.40. The van der Waals surface area contributed by atoms with Crippen LogP contribution in [0.1, 0.15) is 31.4 Å². The summed E-state index contributed by atoms with van der Waals surface area (Å²) < 4.78 is 2.06. The van der Waals surface area contributed by atoms with Gasteiger partial charge in [-0.2, -0.15) is 5.26 Å². The van der Waals surface area contributed by atoms with Crippen LogP contribution in [0.4, 0.5) is 0 Å². The molecule has 5 nitrogen and oxygen atoms in total. The van der Waals surface area contributed by atoms with Crippen molar-refractivity contribution < 1.29 is 9.90 Å². The predicted molar refractivity (Wildman–Crippen MR) is 98.4 cm³/mol. The summed E-state index contributed by atoms with van der Waals surface area (Å²) in [6.07, 6.45) is 2.20. The number of carbonyl (C=O) groups is 1. The number of nitrogens with zero attached hydrogens (tertiary/aromatic N) is 2. The third kappa shape index (κ3) is 4.12. The first-order valence-electron chi connectivity index (χ1n) is 7.85. The Labute approximate surface area is 146 Å². The molecule has 2 aromatic carbocycles. The Hall–Kier alpha value is -3.39. The molecule has 3 aromatic rings. The van der Waals surface area contributed by atoms with Gasteiger partial charge in [-0.05, 0) is 37.3 Å². The molecule has 0 amide bonds. The molecule has 0 saturated carbocycles. The van der Waals surface area contributed by atoms with Gasteiger partial charge in [-0.25, -0.2) is 0 Å². The van der Waals surface area contributed by atoms with E-state index in [0.29, 0.717) is 11.3 Å². The number of hydrogen-bond donors (Lipinski definition) is 2. The lowest BCUT2D eigenvalue weighted by molar-refractivity contribution is -0.136. The van der Waals surface area contributed by atoms with Crippen molar-refractivity contribution >= 4 is 22.6 Å². The van der Waals surface area contributed by atoms with Gasteiger partial charge in [-0.15, -0.1) is 0 Å². The normalized spacial score (nSPS) is 9.80. The Morgan fingerprint density at radius 2 is 1.80 bits per heavy atom. The Bertz CT molecular complexity index is 947. The number of fused-ring (bicyclic) bond motifs is 1. The fourth-order valence-electron chi connectivity index (χ4n) is 2.39. The quantitative estimate of drug-likeness (QED) is 0.697. The van der Waals surface area contributed by atoms with Crippen LogP contribution in [-0.2, 0) is 4.79 Å². The number of hydrogen-bond acceptors (Lipinski definition) is 3.